The highest BCUT2D eigenvalue weighted by Crippen LogP contribution is 2.27. The Hall–Kier alpha value is -1.93. The molecule has 1 amide bonds. The van der Waals surface area contributed by atoms with Crippen molar-refractivity contribution in [2.45, 2.75) is 30.6 Å². The average Bonchev–Trinajstić information content (AvgIpc) is 3.21. The summed E-state index contributed by atoms with van der Waals surface area (Å²) in [4.78, 5) is 26.0. The molecule has 1 aliphatic heterocycles. The first-order chi connectivity index (χ1) is 12.4. The van der Waals surface area contributed by atoms with E-state index >= 15 is 0 Å². The van der Waals surface area contributed by atoms with Gasteiger partial charge in [-0.1, -0.05) is 18.9 Å². The van der Waals surface area contributed by atoms with Crippen LogP contribution in [0.25, 0.3) is 0 Å². The van der Waals surface area contributed by atoms with Gasteiger partial charge >= 0.3 is 5.97 Å². The fourth-order valence-electron chi connectivity index (χ4n) is 3.63. The minimum Gasteiger partial charge on any atom is -0.465 e. The zero-order chi connectivity index (χ0) is 18.7. The van der Waals surface area contributed by atoms with Crippen LogP contribution in [0.1, 0.15) is 36.0 Å². The van der Waals surface area contributed by atoms with Crippen molar-refractivity contribution >= 4 is 21.9 Å². The highest BCUT2D eigenvalue weighted by Gasteiger charge is 2.33. The van der Waals surface area contributed by atoms with Gasteiger partial charge in [-0.05, 0) is 31.0 Å². The number of benzene rings is 1. The van der Waals surface area contributed by atoms with Crippen molar-refractivity contribution in [3.8, 4) is 0 Å². The molecular weight excluding hydrogens is 356 g/mol. The SMILES string of the molecule is COC(=O)c1cccc(S(=O)(=O)N2CCN(C(=O)C3CCCC3)CC2)c1. The Bertz CT molecular complexity index is 779. The molecule has 8 heteroatoms. The molecule has 1 aromatic rings. The summed E-state index contributed by atoms with van der Waals surface area (Å²) in [5.41, 5.74) is 0.198. The molecule has 2 aliphatic rings. The summed E-state index contributed by atoms with van der Waals surface area (Å²) in [6, 6.07) is 5.84. The third-order valence-corrected chi connectivity index (χ3v) is 7.04. The van der Waals surface area contributed by atoms with Crippen molar-refractivity contribution in [1.29, 1.82) is 0 Å². The quantitative estimate of drug-likeness (QED) is 0.739. The summed E-state index contributed by atoms with van der Waals surface area (Å²) in [7, 11) is -2.45. The molecule has 0 atom stereocenters. The van der Waals surface area contributed by atoms with Crippen molar-refractivity contribution in [2.24, 2.45) is 5.92 Å². The molecule has 0 radical (unpaired) electrons. The number of amides is 1. The van der Waals surface area contributed by atoms with Gasteiger partial charge in [-0.15, -0.1) is 0 Å². The molecule has 0 N–H and O–H groups in total. The van der Waals surface area contributed by atoms with Gasteiger partial charge < -0.3 is 9.64 Å². The number of carbonyl (C=O) groups excluding carboxylic acids is 2. The summed E-state index contributed by atoms with van der Waals surface area (Å²) in [6.07, 6.45) is 4.08. The number of ether oxygens (including phenoxy) is 1. The predicted octanol–water partition coefficient (Wildman–Crippen LogP) is 1.50. The minimum absolute atomic E-state index is 0.0657. The van der Waals surface area contributed by atoms with E-state index in [1.54, 1.807) is 4.90 Å². The molecule has 1 saturated carbocycles. The van der Waals surface area contributed by atoms with Gasteiger partial charge in [-0.2, -0.15) is 4.31 Å². The third-order valence-electron chi connectivity index (χ3n) is 5.15. The van der Waals surface area contributed by atoms with Gasteiger partial charge in [0.25, 0.3) is 0 Å². The maximum atomic E-state index is 12.9. The second kappa shape index (κ2) is 7.75. The molecule has 1 aliphatic carbocycles. The minimum atomic E-state index is -3.71. The molecule has 1 aromatic carbocycles. The highest BCUT2D eigenvalue weighted by molar-refractivity contribution is 7.89. The maximum absolute atomic E-state index is 12.9. The van der Waals surface area contributed by atoms with E-state index in [1.165, 1.54) is 35.7 Å². The molecule has 0 aromatic heterocycles. The summed E-state index contributed by atoms with van der Waals surface area (Å²) >= 11 is 0. The molecule has 0 bridgehead atoms. The lowest BCUT2D eigenvalue weighted by atomic mass is 10.1. The average molecular weight is 380 g/mol. The van der Waals surface area contributed by atoms with Gasteiger partial charge in [0, 0.05) is 32.1 Å². The highest BCUT2D eigenvalue weighted by atomic mass is 32.2. The van der Waals surface area contributed by atoms with Crippen LogP contribution in [0.4, 0.5) is 0 Å². The maximum Gasteiger partial charge on any atom is 0.337 e. The number of carbonyl (C=O) groups is 2. The number of nitrogens with zero attached hydrogens (tertiary/aromatic N) is 2. The number of hydrogen-bond donors (Lipinski definition) is 0. The molecule has 26 heavy (non-hydrogen) atoms. The van der Waals surface area contributed by atoms with Gasteiger partial charge in [0.2, 0.25) is 15.9 Å². The Kier molecular flexibility index (Phi) is 5.62. The molecule has 142 valence electrons. The lowest BCUT2D eigenvalue weighted by molar-refractivity contribution is -0.136. The van der Waals surface area contributed by atoms with Crippen LogP contribution < -0.4 is 0 Å². The van der Waals surface area contributed by atoms with E-state index in [1.807, 2.05) is 0 Å². The monoisotopic (exact) mass is 380 g/mol. The van der Waals surface area contributed by atoms with Gasteiger partial charge in [0.1, 0.15) is 0 Å². The number of rotatable bonds is 4. The van der Waals surface area contributed by atoms with Crippen molar-refractivity contribution in [3.05, 3.63) is 29.8 Å². The first-order valence-electron chi connectivity index (χ1n) is 8.91. The van der Waals surface area contributed by atoms with Crippen molar-refractivity contribution in [2.75, 3.05) is 33.3 Å². The molecule has 1 saturated heterocycles. The molecule has 7 nitrogen and oxygen atoms in total. The second-order valence-electron chi connectivity index (χ2n) is 6.73. The van der Waals surface area contributed by atoms with Crippen LogP contribution in [-0.2, 0) is 19.6 Å². The topological polar surface area (TPSA) is 84.0 Å². The fourth-order valence-corrected chi connectivity index (χ4v) is 5.10. The number of sulfonamides is 1. The Morgan fingerprint density at radius 3 is 2.35 bits per heavy atom. The summed E-state index contributed by atoms with van der Waals surface area (Å²) in [6.45, 7) is 1.35. The Balaban J connectivity index is 1.68. The lowest BCUT2D eigenvalue weighted by Gasteiger charge is -2.35. The van der Waals surface area contributed by atoms with E-state index in [0.717, 1.165) is 25.7 Å². The molecule has 0 spiro atoms. The van der Waals surface area contributed by atoms with E-state index in [2.05, 4.69) is 4.74 Å². The van der Waals surface area contributed by atoms with Gasteiger partial charge in [-0.3, -0.25) is 4.79 Å². The molecule has 2 fully saturated rings. The second-order valence-corrected chi connectivity index (χ2v) is 8.67. The Labute approximate surface area is 154 Å². The van der Waals surface area contributed by atoms with Crippen molar-refractivity contribution in [1.82, 2.24) is 9.21 Å². The fraction of sp³-hybridized carbons (Fsp3) is 0.556. The number of piperazine rings is 1. The molecule has 0 unspecified atom stereocenters. The van der Waals surface area contributed by atoms with Crippen molar-refractivity contribution in [3.63, 3.8) is 0 Å². The predicted molar refractivity (Wildman–Crippen MR) is 95.1 cm³/mol. The van der Waals surface area contributed by atoms with Crippen LogP contribution in [-0.4, -0.2) is 62.8 Å². The largest absolute Gasteiger partial charge is 0.465 e. The normalized spacial score (nSPS) is 19.5. The smallest absolute Gasteiger partial charge is 0.337 e. The van der Waals surface area contributed by atoms with E-state index in [-0.39, 0.29) is 35.4 Å². The Morgan fingerprint density at radius 1 is 1.08 bits per heavy atom. The number of esters is 1. The van der Waals surface area contributed by atoms with E-state index in [4.69, 9.17) is 0 Å². The van der Waals surface area contributed by atoms with Crippen LogP contribution >= 0.6 is 0 Å². The Morgan fingerprint density at radius 2 is 1.73 bits per heavy atom. The van der Waals surface area contributed by atoms with Gasteiger partial charge in [-0.25, -0.2) is 13.2 Å². The van der Waals surface area contributed by atoms with E-state index < -0.39 is 16.0 Å². The van der Waals surface area contributed by atoms with Crippen LogP contribution in [0.15, 0.2) is 29.2 Å². The number of methoxy groups -OCH3 is 1. The molecule has 1 heterocycles. The first-order valence-corrected chi connectivity index (χ1v) is 10.3. The van der Waals surface area contributed by atoms with Crippen LogP contribution in [0.2, 0.25) is 0 Å². The third kappa shape index (κ3) is 3.76. The van der Waals surface area contributed by atoms with E-state index in [0.29, 0.717) is 13.1 Å². The van der Waals surface area contributed by atoms with Gasteiger partial charge in [0.15, 0.2) is 0 Å². The van der Waals surface area contributed by atoms with Gasteiger partial charge in [0.05, 0.1) is 17.6 Å². The molecule has 3 rings (SSSR count). The summed E-state index contributed by atoms with van der Waals surface area (Å²) in [5, 5.41) is 0. The first kappa shape index (κ1) is 18.8. The summed E-state index contributed by atoms with van der Waals surface area (Å²) < 4.78 is 31.7. The standard InChI is InChI=1S/C18H24N2O5S/c1-25-18(22)15-7-4-8-16(13-15)26(23,24)20-11-9-19(10-12-20)17(21)14-5-2-3-6-14/h4,7-8,13-14H,2-3,5-6,9-12H2,1H3. The van der Waals surface area contributed by atoms with Crippen LogP contribution in [0.3, 0.4) is 0 Å². The van der Waals surface area contributed by atoms with Crippen molar-refractivity contribution < 1.29 is 22.7 Å². The zero-order valence-electron chi connectivity index (χ0n) is 14.9. The summed E-state index contributed by atoms with van der Waals surface area (Å²) in [5.74, 6) is -0.309. The van der Waals surface area contributed by atoms with Crippen LogP contribution in [0, 0.1) is 5.92 Å². The van der Waals surface area contributed by atoms with E-state index in [9.17, 15) is 18.0 Å². The lowest BCUT2D eigenvalue weighted by Crippen LogP contribution is -2.51. The zero-order valence-corrected chi connectivity index (χ0v) is 15.7. The van der Waals surface area contributed by atoms with Crippen LogP contribution in [0.5, 0.6) is 0 Å². The number of hydrogen-bond acceptors (Lipinski definition) is 5. The molecular formula is C18H24N2O5S.